The molecule has 0 aliphatic heterocycles. The van der Waals surface area contributed by atoms with Crippen molar-refractivity contribution in [2.75, 3.05) is 0 Å². The Kier molecular flexibility index (Phi) is 4.14. The Morgan fingerprint density at radius 1 is 0.708 bits per heavy atom. The first-order chi connectivity index (χ1) is 11.5. The summed E-state index contributed by atoms with van der Waals surface area (Å²) in [5.74, 6) is 10.4. The monoisotopic (exact) mass is 312 g/mol. The van der Waals surface area contributed by atoms with Crippen LogP contribution in [0.3, 0.4) is 0 Å². The van der Waals surface area contributed by atoms with Gasteiger partial charge in [0.2, 0.25) is 0 Å². The van der Waals surface area contributed by atoms with Gasteiger partial charge in [0.25, 0.3) is 0 Å². The summed E-state index contributed by atoms with van der Waals surface area (Å²) >= 11 is 0. The predicted octanol–water partition coefficient (Wildman–Crippen LogP) is 5.58. The average Bonchev–Trinajstić information content (AvgIpc) is 3.19. The summed E-state index contributed by atoms with van der Waals surface area (Å²) in [6.45, 7) is 9.25. The van der Waals surface area contributed by atoms with Crippen molar-refractivity contribution in [1.82, 2.24) is 0 Å². The van der Waals surface area contributed by atoms with E-state index < -0.39 is 0 Å². The highest BCUT2D eigenvalue weighted by atomic mass is 14.6. The molecule has 0 atom stereocenters. The van der Waals surface area contributed by atoms with Crippen LogP contribution in [0, 0.1) is 72.0 Å². The second-order valence-corrected chi connectivity index (χ2v) is 7.68. The van der Waals surface area contributed by atoms with E-state index in [9.17, 15) is 0 Å². The van der Waals surface area contributed by atoms with Crippen molar-refractivity contribution in [1.29, 1.82) is 0 Å². The van der Waals surface area contributed by atoms with E-state index >= 15 is 0 Å². The van der Waals surface area contributed by atoms with Crippen LogP contribution in [0.2, 0.25) is 0 Å². The largest absolute Gasteiger partial charge is 0.0758 e. The standard InChI is InChI=1S/C24H24/c1-16(2)17-13-14-18(15-17)24(3,4)23-21-11-7-5-9-19(21)20-10-6-8-12-22(20)23/h5-16H,1-4H3. The van der Waals surface area contributed by atoms with Crippen molar-refractivity contribution >= 4 is 0 Å². The van der Waals surface area contributed by atoms with E-state index in [0.29, 0.717) is 5.92 Å². The van der Waals surface area contributed by atoms with Gasteiger partial charge < -0.3 is 0 Å². The van der Waals surface area contributed by atoms with E-state index in [1.54, 1.807) is 0 Å². The summed E-state index contributed by atoms with van der Waals surface area (Å²) in [5.41, 5.74) is -0.0180. The Bertz CT molecular complexity index is 551. The summed E-state index contributed by atoms with van der Waals surface area (Å²) in [6.07, 6.45) is 24.6. The Morgan fingerprint density at radius 3 is 1.67 bits per heavy atom. The molecule has 0 saturated heterocycles. The van der Waals surface area contributed by atoms with Crippen LogP contribution in [-0.4, -0.2) is 0 Å². The highest BCUT2D eigenvalue weighted by Crippen LogP contribution is 2.66. The highest BCUT2D eigenvalue weighted by molar-refractivity contribution is 5.78. The van der Waals surface area contributed by atoms with Gasteiger partial charge in [0.05, 0.1) is 0 Å². The fourth-order valence-corrected chi connectivity index (χ4v) is 4.04. The molecule has 0 aromatic rings. The second kappa shape index (κ2) is 6.04. The number of hydrogen-bond donors (Lipinski definition) is 0. The molecule has 0 aromatic heterocycles. The van der Waals surface area contributed by atoms with Crippen LogP contribution >= 0.6 is 0 Å². The molecule has 10 radical (unpaired) electrons. The lowest BCUT2D eigenvalue weighted by Gasteiger charge is -2.42. The molecule has 0 heteroatoms. The quantitative estimate of drug-likeness (QED) is 0.638. The van der Waals surface area contributed by atoms with E-state index in [1.165, 1.54) is 41.4 Å². The molecular formula is C24H24. The van der Waals surface area contributed by atoms with Crippen molar-refractivity contribution < 1.29 is 0 Å². The zero-order valence-corrected chi connectivity index (χ0v) is 14.9. The van der Waals surface area contributed by atoms with E-state index in [2.05, 4.69) is 95.6 Å². The van der Waals surface area contributed by atoms with Gasteiger partial charge in [-0.2, -0.15) is 0 Å². The van der Waals surface area contributed by atoms with E-state index in [-0.39, 0.29) is 5.41 Å². The van der Waals surface area contributed by atoms with Gasteiger partial charge in [-0.15, -0.1) is 0 Å². The van der Waals surface area contributed by atoms with Gasteiger partial charge in [-0.25, -0.2) is 0 Å². The topological polar surface area (TPSA) is 0 Å². The first-order valence-corrected chi connectivity index (χ1v) is 8.84. The van der Waals surface area contributed by atoms with E-state index in [0.717, 1.165) is 0 Å². The van der Waals surface area contributed by atoms with Crippen LogP contribution in [-0.2, 0) is 0 Å². The molecule has 2 saturated carbocycles. The fourth-order valence-electron chi connectivity index (χ4n) is 4.04. The Morgan fingerprint density at radius 2 is 1.21 bits per heavy atom. The summed E-state index contributed by atoms with van der Waals surface area (Å²) in [4.78, 5) is 0. The Labute approximate surface area is 148 Å². The van der Waals surface area contributed by atoms with Gasteiger partial charge in [-0.3, -0.25) is 0 Å². The zero-order valence-electron chi connectivity index (χ0n) is 14.9. The van der Waals surface area contributed by atoms with Crippen molar-refractivity contribution in [3.05, 3.63) is 109 Å². The number of allylic oxidation sites excluding steroid dienone is 8. The van der Waals surface area contributed by atoms with Gasteiger partial charge in [0.1, 0.15) is 0 Å². The number of hydrogen-bond acceptors (Lipinski definition) is 0. The van der Waals surface area contributed by atoms with Gasteiger partial charge in [-0.1, -0.05) is 76.3 Å². The van der Waals surface area contributed by atoms with Gasteiger partial charge in [0, 0.05) is 29.6 Å². The third-order valence-electron chi connectivity index (χ3n) is 5.47. The lowest BCUT2D eigenvalue weighted by atomic mass is 9.61. The Balaban J connectivity index is 1.64. The van der Waals surface area contributed by atoms with Crippen molar-refractivity contribution in [2.45, 2.75) is 27.7 Å². The van der Waals surface area contributed by atoms with Gasteiger partial charge in [-0.05, 0) is 42.4 Å². The molecule has 24 heavy (non-hydrogen) atoms. The second-order valence-electron chi connectivity index (χ2n) is 7.68. The molecule has 4 rings (SSSR count). The SMILES string of the molecule is CC(C)[C]1[CH][CH][C](C(C)(C)[C]2[C]3C=CC=C[C]3[C]3C=CC=C[C]32)[CH]1. The molecule has 4 aliphatic carbocycles. The molecule has 0 unspecified atom stereocenters. The lowest BCUT2D eigenvalue weighted by Crippen LogP contribution is -2.34. The molecular weight excluding hydrogens is 288 g/mol. The van der Waals surface area contributed by atoms with Crippen LogP contribution in [0.15, 0.2) is 48.6 Å². The molecule has 120 valence electrons. The lowest BCUT2D eigenvalue weighted by molar-refractivity contribution is 0.437. The molecule has 0 bridgehead atoms. The van der Waals surface area contributed by atoms with Crippen LogP contribution in [0.5, 0.6) is 0 Å². The summed E-state index contributed by atoms with van der Waals surface area (Å²) in [5, 5.41) is 0. The minimum absolute atomic E-state index is 0.0180. The van der Waals surface area contributed by atoms with E-state index in [4.69, 9.17) is 0 Å². The predicted molar refractivity (Wildman–Crippen MR) is 101 cm³/mol. The number of rotatable bonds is 3. The van der Waals surface area contributed by atoms with Crippen molar-refractivity contribution in [2.24, 2.45) is 11.3 Å². The Hall–Kier alpha value is -1.04. The van der Waals surface area contributed by atoms with E-state index in [1.807, 2.05) is 0 Å². The van der Waals surface area contributed by atoms with Crippen LogP contribution < -0.4 is 0 Å². The maximum atomic E-state index is 2.39. The highest BCUT2D eigenvalue weighted by Gasteiger charge is 2.57. The van der Waals surface area contributed by atoms with Gasteiger partial charge in [0.15, 0.2) is 0 Å². The molecule has 2 fully saturated rings. The molecule has 0 heterocycles. The maximum Gasteiger partial charge on any atom is 0.0209 e. The zero-order chi connectivity index (χ0) is 16.9. The summed E-state index contributed by atoms with van der Waals surface area (Å²) in [6, 6.07) is 0. The first-order valence-electron chi connectivity index (χ1n) is 8.84. The van der Waals surface area contributed by atoms with Crippen LogP contribution in [0.1, 0.15) is 27.7 Å². The fraction of sp³-hybridized carbons (Fsp3) is 0.250. The average molecular weight is 312 g/mol. The minimum atomic E-state index is -0.0180. The smallest absolute Gasteiger partial charge is 0.0209 e. The molecule has 4 aliphatic rings. The first kappa shape index (κ1) is 16.4. The van der Waals surface area contributed by atoms with Crippen LogP contribution in [0.25, 0.3) is 0 Å². The summed E-state index contributed by atoms with van der Waals surface area (Å²) in [7, 11) is 0. The normalized spacial score (nSPS) is 27.7. The third kappa shape index (κ3) is 2.49. The minimum Gasteiger partial charge on any atom is -0.0758 e. The molecule has 0 nitrogen and oxygen atoms in total. The maximum absolute atomic E-state index is 2.39. The molecule has 0 N–H and O–H groups in total. The molecule has 0 aromatic carbocycles. The van der Waals surface area contributed by atoms with Crippen molar-refractivity contribution in [3.63, 3.8) is 0 Å². The molecule has 0 spiro atoms. The van der Waals surface area contributed by atoms with Crippen LogP contribution in [0.4, 0.5) is 0 Å². The van der Waals surface area contributed by atoms with Gasteiger partial charge >= 0.3 is 0 Å². The van der Waals surface area contributed by atoms with Crippen molar-refractivity contribution in [3.8, 4) is 0 Å². The molecule has 0 amide bonds. The summed E-state index contributed by atoms with van der Waals surface area (Å²) < 4.78 is 0. The number of fused-ring (bicyclic) bond motifs is 3. The third-order valence-corrected chi connectivity index (χ3v) is 5.47.